The van der Waals surface area contributed by atoms with E-state index in [1.165, 1.54) is 5.56 Å². The summed E-state index contributed by atoms with van der Waals surface area (Å²) in [4.78, 5) is 4.22. The highest BCUT2D eigenvalue weighted by Crippen LogP contribution is 2.23. The molecule has 0 aliphatic rings. The minimum absolute atomic E-state index is 0.656. The molecule has 0 amide bonds. The molecule has 0 N–H and O–H groups in total. The SMILES string of the molecule is COc1ncc(Br)cc1Cc1ccc(Cl)cc1. The van der Waals surface area contributed by atoms with Gasteiger partial charge in [0.15, 0.2) is 0 Å². The Bertz CT molecular complexity index is 513. The van der Waals surface area contributed by atoms with Crippen LogP contribution >= 0.6 is 27.5 Å². The fraction of sp³-hybridized carbons (Fsp3) is 0.154. The summed E-state index contributed by atoms with van der Waals surface area (Å²) in [7, 11) is 1.63. The van der Waals surface area contributed by atoms with Crippen LogP contribution in [0.25, 0.3) is 0 Å². The van der Waals surface area contributed by atoms with Crippen molar-refractivity contribution in [1.82, 2.24) is 4.98 Å². The maximum atomic E-state index is 5.85. The van der Waals surface area contributed by atoms with E-state index in [1.807, 2.05) is 30.3 Å². The van der Waals surface area contributed by atoms with Crippen molar-refractivity contribution >= 4 is 27.5 Å². The van der Waals surface area contributed by atoms with Crippen LogP contribution in [-0.4, -0.2) is 12.1 Å². The van der Waals surface area contributed by atoms with Crippen LogP contribution in [0.4, 0.5) is 0 Å². The molecular weight excluding hydrogens is 302 g/mol. The fourth-order valence-corrected chi connectivity index (χ4v) is 2.11. The zero-order valence-corrected chi connectivity index (χ0v) is 11.6. The predicted octanol–water partition coefficient (Wildman–Crippen LogP) is 4.10. The number of hydrogen-bond acceptors (Lipinski definition) is 2. The molecule has 4 heteroatoms. The Morgan fingerprint density at radius 3 is 2.65 bits per heavy atom. The van der Waals surface area contributed by atoms with Crippen LogP contribution in [0, 0.1) is 0 Å². The van der Waals surface area contributed by atoms with E-state index >= 15 is 0 Å². The topological polar surface area (TPSA) is 22.1 Å². The quantitative estimate of drug-likeness (QED) is 0.851. The monoisotopic (exact) mass is 311 g/mol. The number of pyridine rings is 1. The normalized spacial score (nSPS) is 10.3. The standard InChI is InChI=1S/C13H11BrClNO/c1-17-13-10(7-11(14)8-16-13)6-9-2-4-12(15)5-3-9/h2-5,7-8H,6H2,1H3. The van der Waals surface area contributed by atoms with Crippen molar-refractivity contribution in [2.24, 2.45) is 0 Å². The van der Waals surface area contributed by atoms with Crippen LogP contribution in [0.3, 0.4) is 0 Å². The first-order valence-electron chi connectivity index (χ1n) is 5.12. The van der Waals surface area contributed by atoms with E-state index in [0.29, 0.717) is 5.88 Å². The van der Waals surface area contributed by atoms with Crippen molar-refractivity contribution in [3.8, 4) is 5.88 Å². The summed E-state index contributed by atoms with van der Waals surface area (Å²) in [5.74, 6) is 0.656. The van der Waals surface area contributed by atoms with Crippen molar-refractivity contribution in [1.29, 1.82) is 0 Å². The second-order valence-electron chi connectivity index (χ2n) is 3.63. The van der Waals surface area contributed by atoms with E-state index < -0.39 is 0 Å². The molecule has 1 heterocycles. The summed E-state index contributed by atoms with van der Waals surface area (Å²) >= 11 is 9.27. The van der Waals surface area contributed by atoms with Crippen molar-refractivity contribution < 1.29 is 4.74 Å². The first-order valence-corrected chi connectivity index (χ1v) is 6.29. The number of ether oxygens (including phenoxy) is 1. The summed E-state index contributed by atoms with van der Waals surface area (Å²) < 4.78 is 6.18. The molecule has 17 heavy (non-hydrogen) atoms. The Kier molecular flexibility index (Phi) is 4.02. The highest BCUT2D eigenvalue weighted by atomic mass is 79.9. The molecule has 0 aliphatic heterocycles. The summed E-state index contributed by atoms with van der Waals surface area (Å²) in [6.45, 7) is 0. The van der Waals surface area contributed by atoms with Gasteiger partial charge in [-0.3, -0.25) is 0 Å². The van der Waals surface area contributed by atoms with Crippen LogP contribution < -0.4 is 4.74 Å². The van der Waals surface area contributed by atoms with Crippen LogP contribution in [0.15, 0.2) is 41.0 Å². The van der Waals surface area contributed by atoms with E-state index in [2.05, 4.69) is 20.9 Å². The average molecular weight is 313 g/mol. The fourth-order valence-electron chi connectivity index (χ4n) is 1.60. The van der Waals surface area contributed by atoms with Gasteiger partial charge in [0, 0.05) is 27.7 Å². The molecule has 0 saturated carbocycles. The summed E-state index contributed by atoms with van der Waals surface area (Å²) in [6.07, 6.45) is 2.50. The third kappa shape index (κ3) is 3.20. The van der Waals surface area contributed by atoms with Crippen LogP contribution in [0.2, 0.25) is 5.02 Å². The molecule has 1 aromatic heterocycles. The van der Waals surface area contributed by atoms with Gasteiger partial charge in [0.1, 0.15) is 0 Å². The van der Waals surface area contributed by atoms with Gasteiger partial charge in [0.2, 0.25) is 5.88 Å². The zero-order chi connectivity index (χ0) is 12.3. The summed E-state index contributed by atoms with van der Waals surface area (Å²) in [6, 6.07) is 9.79. The molecule has 0 radical (unpaired) electrons. The number of benzene rings is 1. The van der Waals surface area contributed by atoms with Crippen molar-refractivity contribution in [3.63, 3.8) is 0 Å². The van der Waals surface area contributed by atoms with Crippen molar-refractivity contribution in [2.75, 3.05) is 7.11 Å². The maximum Gasteiger partial charge on any atom is 0.216 e. The van der Waals surface area contributed by atoms with Gasteiger partial charge in [-0.15, -0.1) is 0 Å². The molecule has 1 aromatic carbocycles. The Morgan fingerprint density at radius 2 is 2.00 bits per heavy atom. The molecule has 88 valence electrons. The van der Waals surface area contributed by atoms with Gasteiger partial charge < -0.3 is 4.74 Å². The smallest absolute Gasteiger partial charge is 0.216 e. The molecule has 0 aliphatic carbocycles. The van der Waals surface area contributed by atoms with Gasteiger partial charge in [-0.05, 0) is 39.7 Å². The van der Waals surface area contributed by atoms with E-state index in [-0.39, 0.29) is 0 Å². The number of rotatable bonds is 3. The lowest BCUT2D eigenvalue weighted by atomic mass is 10.1. The molecule has 0 bridgehead atoms. The molecule has 2 aromatic rings. The highest BCUT2D eigenvalue weighted by molar-refractivity contribution is 9.10. The Hall–Kier alpha value is -1.06. The van der Waals surface area contributed by atoms with E-state index in [1.54, 1.807) is 13.3 Å². The minimum Gasteiger partial charge on any atom is -0.481 e. The first-order chi connectivity index (χ1) is 8.19. The molecule has 2 rings (SSSR count). The van der Waals surface area contributed by atoms with E-state index in [4.69, 9.17) is 16.3 Å². The van der Waals surface area contributed by atoms with Gasteiger partial charge in [-0.25, -0.2) is 4.98 Å². The van der Waals surface area contributed by atoms with Crippen LogP contribution in [0.5, 0.6) is 5.88 Å². The first kappa shape index (κ1) is 12.4. The molecule has 0 saturated heterocycles. The molecule has 0 atom stereocenters. The van der Waals surface area contributed by atoms with E-state index in [9.17, 15) is 0 Å². The van der Waals surface area contributed by atoms with E-state index in [0.717, 1.165) is 21.5 Å². The molecular formula is C13H11BrClNO. The van der Waals surface area contributed by atoms with Crippen molar-refractivity contribution in [2.45, 2.75) is 6.42 Å². The molecule has 0 unspecified atom stereocenters. The van der Waals surface area contributed by atoms with Gasteiger partial charge in [-0.1, -0.05) is 23.7 Å². The van der Waals surface area contributed by atoms with Gasteiger partial charge >= 0.3 is 0 Å². The molecule has 0 fully saturated rings. The highest BCUT2D eigenvalue weighted by Gasteiger charge is 2.06. The Balaban J connectivity index is 2.28. The minimum atomic E-state index is 0.656. The lowest BCUT2D eigenvalue weighted by Crippen LogP contribution is -1.96. The summed E-state index contributed by atoms with van der Waals surface area (Å²) in [5, 5.41) is 0.744. The number of nitrogens with zero attached hydrogens (tertiary/aromatic N) is 1. The maximum absolute atomic E-state index is 5.85. The third-order valence-electron chi connectivity index (χ3n) is 2.39. The summed E-state index contributed by atoms with van der Waals surface area (Å²) in [5.41, 5.74) is 2.22. The molecule has 2 nitrogen and oxygen atoms in total. The largest absolute Gasteiger partial charge is 0.481 e. The Morgan fingerprint density at radius 1 is 1.29 bits per heavy atom. The van der Waals surface area contributed by atoms with Crippen molar-refractivity contribution in [3.05, 3.63) is 57.2 Å². The second-order valence-corrected chi connectivity index (χ2v) is 4.98. The number of aromatic nitrogens is 1. The second kappa shape index (κ2) is 5.52. The lowest BCUT2D eigenvalue weighted by Gasteiger charge is -2.08. The van der Waals surface area contributed by atoms with Crippen LogP contribution in [-0.2, 0) is 6.42 Å². The number of hydrogen-bond donors (Lipinski definition) is 0. The predicted molar refractivity (Wildman–Crippen MR) is 72.7 cm³/mol. The third-order valence-corrected chi connectivity index (χ3v) is 3.08. The van der Waals surface area contributed by atoms with Gasteiger partial charge in [0.05, 0.1) is 7.11 Å². The van der Waals surface area contributed by atoms with Gasteiger partial charge in [0.25, 0.3) is 0 Å². The zero-order valence-electron chi connectivity index (χ0n) is 9.28. The Labute approximate surface area is 114 Å². The average Bonchev–Trinajstić information content (AvgIpc) is 2.32. The number of halogens is 2. The molecule has 0 spiro atoms. The van der Waals surface area contributed by atoms with Gasteiger partial charge in [-0.2, -0.15) is 0 Å². The van der Waals surface area contributed by atoms with Crippen LogP contribution in [0.1, 0.15) is 11.1 Å². The number of methoxy groups -OCH3 is 1. The lowest BCUT2D eigenvalue weighted by molar-refractivity contribution is 0.393.